The molecule has 24 heavy (non-hydrogen) atoms. The van der Waals surface area contributed by atoms with Gasteiger partial charge in [0.25, 0.3) is 0 Å². The fourth-order valence-electron chi connectivity index (χ4n) is 2.48. The van der Waals surface area contributed by atoms with Gasteiger partial charge in [0.05, 0.1) is 13.2 Å². The Labute approximate surface area is 146 Å². The van der Waals surface area contributed by atoms with Gasteiger partial charge in [-0.2, -0.15) is 0 Å². The van der Waals surface area contributed by atoms with Crippen LogP contribution in [0.5, 0.6) is 11.5 Å². The van der Waals surface area contributed by atoms with E-state index < -0.39 is 0 Å². The topological polar surface area (TPSA) is 30.5 Å². The second-order valence-corrected chi connectivity index (χ2v) is 6.00. The lowest BCUT2D eigenvalue weighted by molar-refractivity contribution is 0.299. The molecule has 0 radical (unpaired) electrons. The first-order chi connectivity index (χ1) is 11.7. The van der Waals surface area contributed by atoms with Crippen molar-refractivity contribution in [1.82, 2.24) is 5.32 Å². The van der Waals surface area contributed by atoms with E-state index in [1.165, 1.54) is 16.7 Å². The predicted octanol–water partition coefficient (Wildman–Crippen LogP) is 4.86. The smallest absolute Gasteiger partial charge is 0.127 e. The molecule has 0 bridgehead atoms. The summed E-state index contributed by atoms with van der Waals surface area (Å²) in [5.74, 6) is 1.80. The third-order valence-corrected chi connectivity index (χ3v) is 3.87. The van der Waals surface area contributed by atoms with Crippen molar-refractivity contribution in [3.8, 4) is 11.5 Å². The average Bonchev–Trinajstić information content (AvgIpc) is 2.61. The molecule has 0 atom stereocenters. The van der Waals surface area contributed by atoms with Gasteiger partial charge in [0.15, 0.2) is 0 Å². The molecule has 0 aromatic heterocycles. The molecule has 2 aromatic rings. The van der Waals surface area contributed by atoms with Crippen molar-refractivity contribution in [2.24, 2.45) is 0 Å². The van der Waals surface area contributed by atoms with E-state index in [4.69, 9.17) is 9.47 Å². The van der Waals surface area contributed by atoms with Crippen molar-refractivity contribution in [2.45, 2.75) is 46.7 Å². The van der Waals surface area contributed by atoms with Crippen molar-refractivity contribution < 1.29 is 9.47 Å². The number of benzene rings is 2. The molecule has 0 saturated carbocycles. The van der Waals surface area contributed by atoms with E-state index in [1.54, 1.807) is 0 Å². The van der Waals surface area contributed by atoms with Crippen LogP contribution in [0.25, 0.3) is 0 Å². The van der Waals surface area contributed by atoms with Gasteiger partial charge in [-0.15, -0.1) is 0 Å². The monoisotopic (exact) mass is 327 g/mol. The molecule has 130 valence electrons. The quantitative estimate of drug-likeness (QED) is 0.676. The Kier molecular flexibility index (Phi) is 7.63. The van der Waals surface area contributed by atoms with E-state index in [0.29, 0.717) is 0 Å². The van der Waals surface area contributed by atoms with Crippen molar-refractivity contribution in [3.63, 3.8) is 0 Å². The van der Waals surface area contributed by atoms with E-state index in [2.05, 4.69) is 56.4 Å². The van der Waals surface area contributed by atoms with Gasteiger partial charge < -0.3 is 14.8 Å². The van der Waals surface area contributed by atoms with Crippen molar-refractivity contribution >= 4 is 0 Å². The van der Waals surface area contributed by atoms with Gasteiger partial charge in [0.2, 0.25) is 0 Å². The minimum absolute atomic E-state index is 0.724. The largest absolute Gasteiger partial charge is 0.493 e. The van der Waals surface area contributed by atoms with Crippen molar-refractivity contribution in [1.29, 1.82) is 0 Å². The maximum absolute atomic E-state index is 5.91. The first-order valence-electron chi connectivity index (χ1n) is 8.88. The molecule has 2 aromatic carbocycles. The minimum Gasteiger partial charge on any atom is -0.493 e. The molecular weight excluding hydrogens is 298 g/mol. The van der Waals surface area contributed by atoms with Crippen LogP contribution in [0.3, 0.4) is 0 Å². The minimum atomic E-state index is 0.724. The molecule has 0 aliphatic heterocycles. The molecule has 2 rings (SSSR count). The highest BCUT2D eigenvalue weighted by atomic mass is 16.5. The number of rotatable bonds is 10. The summed E-state index contributed by atoms with van der Waals surface area (Å²) in [7, 11) is 0. The lowest BCUT2D eigenvalue weighted by Gasteiger charge is -2.14. The predicted molar refractivity (Wildman–Crippen MR) is 99.7 cm³/mol. The number of hydrogen-bond acceptors (Lipinski definition) is 3. The Balaban J connectivity index is 2.00. The molecule has 0 fully saturated rings. The van der Waals surface area contributed by atoms with Gasteiger partial charge >= 0.3 is 0 Å². The SMILES string of the molecule is CCCOc1ccc(CNCc2ccccc2C)c(OCCC)c1. The van der Waals surface area contributed by atoms with E-state index >= 15 is 0 Å². The molecule has 0 aliphatic carbocycles. The zero-order chi connectivity index (χ0) is 17.2. The van der Waals surface area contributed by atoms with Gasteiger partial charge in [-0.3, -0.25) is 0 Å². The molecule has 0 saturated heterocycles. The highest BCUT2D eigenvalue weighted by Crippen LogP contribution is 2.25. The number of hydrogen-bond donors (Lipinski definition) is 1. The van der Waals surface area contributed by atoms with Crippen molar-refractivity contribution in [2.75, 3.05) is 13.2 Å². The fourth-order valence-corrected chi connectivity index (χ4v) is 2.48. The standard InChI is InChI=1S/C21H29NO2/c1-4-12-23-20-11-10-19(21(14-20)24-13-5-2)16-22-15-18-9-7-6-8-17(18)3/h6-11,14,22H,4-5,12-13,15-16H2,1-3H3. The van der Waals surface area contributed by atoms with Crippen LogP contribution in [-0.4, -0.2) is 13.2 Å². The van der Waals surface area contributed by atoms with Crippen LogP contribution in [0.1, 0.15) is 43.4 Å². The average molecular weight is 327 g/mol. The Hall–Kier alpha value is -2.00. The molecular formula is C21H29NO2. The van der Waals surface area contributed by atoms with Crippen LogP contribution in [-0.2, 0) is 13.1 Å². The number of nitrogens with one attached hydrogen (secondary N) is 1. The summed E-state index contributed by atoms with van der Waals surface area (Å²) >= 11 is 0. The molecule has 0 unspecified atom stereocenters. The lowest BCUT2D eigenvalue weighted by atomic mass is 10.1. The van der Waals surface area contributed by atoms with Gasteiger partial charge in [-0.05, 0) is 37.0 Å². The van der Waals surface area contributed by atoms with E-state index in [0.717, 1.165) is 50.6 Å². The van der Waals surface area contributed by atoms with Crippen LogP contribution < -0.4 is 14.8 Å². The normalized spacial score (nSPS) is 10.6. The second kappa shape index (κ2) is 9.99. The molecule has 0 amide bonds. The second-order valence-electron chi connectivity index (χ2n) is 6.00. The summed E-state index contributed by atoms with van der Waals surface area (Å²) in [6, 6.07) is 14.6. The Morgan fingerprint density at radius 1 is 0.833 bits per heavy atom. The third kappa shape index (κ3) is 5.57. The van der Waals surface area contributed by atoms with Gasteiger partial charge in [0, 0.05) is 24.7 Å². The first kappa shape index (κ1) is 18.3. The summed E-state index contributed by atoms with van der Waals surface area (Å²) in [6.45, 7) is 9.47. The zero-order valence-corrected chi connectivity index (χ0v) is 15.1. The maximum atomic E-state index is 5.91. The Morgan fingerprint density at radius 2 is 1.54 bits per heavy atom. The van der Waals surface area contributed by atoms with E-state index in [-0.39, 0.29) is 0 Å². The summed E-state index contributed by atoms with van der Waals surface area (Å²) in [5.41, 5.74) is 3.81. The van der Waals surface area contributed by atoms with Crippen LogP contribution in [0.2, 0.25) is 0 Å². The highest BCUT2D eigenvalue weighted by molar-refractivity contribution is 5.41. The molecule has 0 heterocycles. The Bertz CT molecular complexity index is 625. The zero-order valence-electron chi connectivity index (χ0n) is 15.1. The van der Waals surface area contributed by atoms with E-state index in [9.17, 15) is 0 Å². The fraction of sp³-hybridized carbons (Fsp3) is 0.429. The molecule has 3 nitrogen and oxygen atoms in total. The van der Waals surface area contributed by atoms with Gasteiger partial charge in [-0.1, -0.05) is 44.2 Å². The van der Waals surface area contributed by atoms with Gasteiger partial charge in [-0.25, -0.2) is 0 Å². The van der Waals surface area contributed by atoms with Gasteiger partial charge in [0.1, 0.15) is 11.5 Å². The summed E-state index contributed by atoms with van der Waals surface area (Å²) in [4.78, 5) is 0. The number of ether oxygens (including phenoxy) is 2. The van der Waals surface area contributed by atoms with Crippen LogP contribution in [0, 0.1) is 6.92 Å². The molecule has 3 heteroatoms. The molecule has 1 N–H and O–H groups in total. The van der Waals surface area contributed by atoms with Crippen molar-refractivity contribution in [3.05, 3.63) is 59.2 Å². The lowest BCUT2D eigenvalue weighted by Crippen LogP contribution is -2.14. The van der Waals surface area contributed by atoms with Crippen LogP contribution >= 0.6 is 0 Å². The highest BCUT2D eigenvalue weighted by Gasteiger charge is 2.07. The van der Waals surface area contributed by atoms with E-state index in [1.807, 2.05) is 12.1 Å². The molecule has 0 spiro atoms. The Morgan fingerprint density at radius 3 is 2.29 bits per heavy atom. The summed E-state index contributed by atoms with van der Waals surface area (Å²) in [5, 5.41) is 3.52. The maximum Gasteiger partial charge on any atom is 0.127 e. The van der Waals surface area contributed by atoms with Crippen LogP contribution in [0.4, 0.5) is 0 Å². The first-order valence-corrected chi connectivity index (χ1v) is 8.88. The number of aryl methyl sites for hydroxylation is 1. The summed E-state index contributed by atoms with van der Waals surface area (Å²) in [6.07, 6.45) is 2.00. The third-order valence-electron chi connectivity index (χ3n) is 3.87. The summed E-state index contributed by atoms with van der Waals surface area (Å²) < 4.78 is 11.6. The van der Waals surface area contributed by atoms with Crippen LogP contribution in [0.15, 0.2) is 42.5 Å². The molecule has 0 aliphatic rings.